The molecule has 0 radical (unpaired) electrons. The molecule has 0 saturated carbocycles. The SMILES string of the molecule is O=c1cc(-c2ccc(O)c(O)c2)oc2cc(OC3OCC(O)C(O)C3OC3OCC(O)C(O)C3O)c(O)c(O)c12. The van der Waals surface area contributed by atoms with Crippen molar-refractivity contribution < 1.29 is 69.3 Å². The smallest absolute Gasteiger partial charge is 0.229 e. The molecule has 3 heterocycles. The summed E-state index contributed by atoms with van der Waals surface area (Å²) < 4.78 is 27.5. The summed E-state index contributed by atoms with van der Waals surface area (Å²) >= 11 is 0. The number of phenols is 4. The third-order valence-electron chi connectivity index (χ3n) is 6.61. The zero-order valence-electron chi connectivity index (χ0n) is 20.4. The Morgan fingerprint density at radius 2 is 1.43 bits per heavy atom. The van der Waals surface area contributed by atoms with Gasteiger partial charge in [0.05, 0.1) is 13.2 Å². The Balaban J connectivity index is 1.48. The van der Waals surface area contributed by atoms with E-state index in [0.29, 0.717) is 0 Å². The van der Waals surface area contributed by atoms with Crippen molar-refractivity contribution in [2.45, 2.75) is 49.2 Å². The monoisotopic (exact) mass is 566 g/mol. The number of aromatic hydroxyl groups is 4. The van der Waals surface area contributed by atoms with E-state index in [1.54, 1.807) is 0 Å². The quantitative estimate of drug-likeness (QED) is 0.160. The molecule has 9 N–H and O–H groups in total. The van der Waals surface area contributed by atoms with Gasteiger partial charge in [-0.3, -0.25) is 4.79 Å². The van der Waals surface area contributed by atoms with Crippen LogP contribution in [0.1, 0.15) is 0 Å². The van der Waals surface area contributed by atoms with Crippen LogP contribution in [0.3, 0.4) is 0 Å². The van der Waals surface area contributed by atoms with Crippen LogP contribution in [0.4, 0.5) is 0 Å². The fraction of sp³-hybridized carbons (Fsp3) is 0.400. The highest BCUT2D eigenvalue weighted by molar-refractivity contribution is 5.89. The lowest BCUT2D eigenvalue weighted by molar-refractivity contribution is -0.332. The second-order valence-corrected chi connectivity index (χ2v) is 9.35. The lowest BCUT2D eigenvalue weighted by Crippen LogP contribution is -2.61. The predicted octanol–water partition coefficient (Wildman–Crippen LogP) is -1.44. The first-order valence-corrected chi connectivity index (χ1v) is 12.0. The van der Waals surface area contributed by atoms with E-state index in [2.05, 4.69) is 0 Å². The number of rotatable bonds is 5. The summed E-state index contributed by atoms with van der Waals surface area (Å²) in [7, 11) is 0. The molecule has 0 aliphatic carbocycles. The molecule has 8 atom stereocenters. The van der Waals surface area contributed by atoms with E-state index in [-0.39, 0.29) is 16.9 Å². The fourth-order valence-corrected chi connectivity index (χ4v) is 4.37. The van der Waals surface area contributed by atoms with E-state index in [0.717, 1.165) is 18.2 Å². The number of hydrogen-bond acceptors (Lipinski definition) is 15. The summed E-state index contributed by atoms with van der Waals surface area (Å²) in [5, 5.41) is 90.6. The van der Waals surface area contributed by atoms with E-state index in [1.165, 1.54) is 12.1 Å². The van der Waals surface area contributed by atoms with Gasteiger partial charge in [-0.1, -0.05) is 0 Å². The molecule has 3 aromatic rings. The molecule has 2 aliphatic heterocycles. The highest BCUT2D eigenvalue weighted by atomic mass is 16.7. The van der Waals surface area contributed by atoms with Gasteiger partial charge in [0.15, 0.2) is 40.8 Å². The molecular formula is C25H26O15. The van der Waals surface area contributed by atoms with Crippen molar-refractivity contribution in [3.05, 3.63) is 40.6 Å². The Morgan fingerprint density at radius 3 is 2.12 bits per heavy atom. The molecule has 216 valence electrons. The standard InChI is InChI=1S/C25H26O15/c26-9-2-1-8(3-10(9)27)14-4-11(28)17-15(38-14)5-16(20(33)21(17)34)39-25-23(19(32)13(30)7-37-25)40-24-22(35)18(31)12(29)6-36-24/h1-5,12-13,18-19,22-27,29-35H,6-7H2. The van der Waals surface area contributed by atoms with Crippen molar-refractivity contribution in [1.29, 1.82) is 0 Å². The largest absolute Gasteiger partial charge is 0.504 e. The number of phenolic OH excluding ortho intramolecular Hbond substituents is 4. The molecule has 15 heteroatoms. The summed E-state index contributed by atoms with van der Waals surface area (Å²) in [5.41, 5.74) is -0.831. The van der Waals surface area contributed by atoms with Crippen LogP contribution in [-0.2, 0) is 14.2 Å². The highest BCUT2D eigenvalue weighted by Crippen LogP contribution is 2.43. The number of ether oxygens (including phenoxy) is 4. The fourth-order valence-electron chi connectivity index (χ4n) is 4.37. The van der Waals surface area contributed by atoms with Crippen LogP contribution in [0.15, 0.2) is 39.5 Å². The topological polar surface area (TPSA) is 249 Å². The number of aliphatic hydroxyl groups is 5. The molecule has 2 aromatic carbocycles. The van der Waals surface area contributed by atoms with Crippen LogP contribution in [-0.4, -0.2) is 108 Å². The van der Waals surface area contributed by atoms with E-state index >= 15 is 0 Å². The van der Waals surface area contributed by atoms with Crippen LogP contribution < -0.4 is 10.2 Å². The van der Waals surface area contributed by atoms with E-state index in [4.69, 9.17) is 23.4 Å². The Bertz CT molecular complexity index is 1450. The van der Waals surface area contributed by atoms with Crippen LogP contribution in [0.5, 0.6) is 28.7 Å². The molecule has 2 fully saturated rings. The van der Waals surface area contributed by atoms with E-state index in [9.17, 15) is 50.8 Å². The number of hydrogen-bond donors (Lipinski definition) is 9. The zero-order valence-corrected chi connectivity index (χ0v) is 20.4. The molecular weight excluding hydrogens is 540 g/mol. The van der Waals surface area contributed by atoms with E-state index in [1.807, 2.05) is 0 Å². The van der Waals surface area contributed by atoms with Gasteiger partial charge in [0.25, 0.3) is 0 Å². The normalized spacial score (nSPS) is 30.8. The summed E-state index contributed by atoms with van der Waals surface area (Å²) in [5.74, 6) is -3.25. The van der Waals surface area contributed by atoms with Crippen molar-refractivity contribution in [2.24, 2.45) is 0 Å². The van der Waals surface area contributed by atoms with Gasteiger partial charge in [-0.2, -0.15) is 0 Å². The maximum absolute atomic E-state index is 12.8. The Morgan fingerprint density at radius 1 is 0.750 bits per heavy atom. The van der Waals surface area contributed by atoms with Crippen LogP contribution >= 0.6 is 0 Å². The van der Waals surface area contributed by atoms with Crippen LogP contribution in [0.25, 0.3) is 22.3 Å². The summed E-state index contributed by atoms with van der Waals surface area (Å²) in [6, 6.07) is 5.71. The van der Waals surface area contributed by atoms with Gasteiger partial charge in [-0.25, -0.2) is 0 Å². The molecule has 1 aromatic heterocycles. The third kappa shape index (κ3) is 5.00. The average molecular weight is 566 g/mol. The Labute approximate surface area is 223 Å². The molecule has 0 amide bonds. The second-order valence-electron chi connectivity index (χ2n) is 9.35. The lowest BCUT2D eigenvalue weighted by atomic mass is 10.0. The first kappa shape index (κ1) is 27.9. The van der Waals surface area contributed by atoms with Crippen molar-refractivity contribution >= 4 is 11.0 Å². The van der Waals surface area contributed by atoms with Gasteiger partial charge in [0.2, 0.25) is 12.0 Å². The molecule has 0 bridgehead atoms. The molecule has 2 saturated heterocycles. The second kappa shape index (κ2) is 10.7. The molecule has 0 spiro atoms. The maximum Gasteiger partial charge on any atom is 0.229 e. The molecule has 5 rings (SSSR count). The zero-order chi connectivity index (χ0) is 28.9. The van der Waals surface area contributed by atoms with E-state index < -0.39 is 102 Å². The molecule has 2 aliphatic rings. The van der Waals surface area contributed by atoms with Gasteiger partial charge >= 0.3 is 0 Å². The third-order valence-corrected chi connectivity index (χ3v) is 6.61. The summed E-state index contributed by atoms with van der Waals surface area (Å²) in [6.07, 6.45) is -12.7. The van der Waals surface area contributed by atoms with Crippen molar-refractivity contribution in [2.75, 3.05) is 13.2 Å². The minimum absolute atomic E-state index is 0.0679. The van der Waals surface area contributed by atoms with Crippen LogP contribution in [0, 0.1) is 0 Å². The molecule has 15 nitrogen and oxygen atoms in total. The summed E-state index contributed by atoms with van der Waals surface area (Å²) in [4.78, 5) is 12.8. The van der Waals surface area contributed by atoms with Crippen molar-refractivity contribution in [3.63, 3.8) is 0 Å². The Kier molecular flexibility index (Phi) is 7.47. The molecule has 8 unspecified atom stereocenters. The van der Waals surface area contributed by atoms with Gasteiger partial charge in [0.1, 0.15) is 47.2 Å². The minimum atomic E-state index is -1.75. The van der Waals surface area contributed by atoms with Crippen molar-refractivity contribution in [1.82, 2.24) is 0 Å². The first-order chi connectivity index (χ1) is 19.0. The summed E-state index contributed by atoms with van der Waals surface area (Å²) in [6.45, 7) is -0.870. The number of benzene rings is 2. The van der Waals surface area contributed by atoms with Gasteiger partial charge in [0, 0.05) is 17.7 Å². The van der Waals surface area contributed by atoms with Crippen LogP contribution in [0.2, 0.25) is 0 Å². The average Bonchev–Trinajstić information content (AvgIpc) is 2.92. The minimum Gasteiger partial charge on any atom is -0.504 e. The van der Waals surface area contributed by atoms with Gasteiger partial charge in [-0.05, 0) is 18.2 Å². The van der Waals surface area contributed by atoms with Gasteiger partial charge < -0.3 is 69.3 Å². The van der Waals surface area contributed by atoms with Crippen molar-refractivity contribution in [3.8, 4) is 40.1 Å². The maximum atomic E-state index is 12.8. The predicted molar refractivity (Wildman–Crippen MR) is 130 cm³/mol. The number of aliphatic hydroxyl groups excluding tert-OH is 5. The molecule has 40 heavy (non-hydrogen) atoms. The Hall–Kier alpha value is -3.67. The number of fused-ring (bicyclic) bond motifs is 1. The first-order valence-electron chi connectivity index (χ1n) is 12.0. The lowest BCUT2D eigenvalue weighted by Gasteiger charge is -2.42. The van der Waals surface area contributed by atoms with Gasteiger partial charge in [-0.15, -0.1) is 0 Å². The highest BCUT2D eigenvalue weighted by Gasteiger charge is 2.47.